The molecule has 0 spiro atoms. The van der Waals surface area contributed by atoms with Crippen molar-refractivity contribution in [3.05, 3.63) is 48.3 Å². The fraction of sp³-hybridized carbons (Fsp3) is 0.0769. The number of nitrogens with zero attached hydrogens (tertiary/aromatic N) is 2. The van der Waals surface area contributed by atoms with E-state index >= 15 is 0 Å². The van der Waals surface area contributed by atoms with Crippen LogP contribution in [0.1, 0.15) is 5.56 Å². The van der Waals surface area contributed by atoms with Gasteiger partial charge in [-0.2, -0.15) is 0 Å². The molecule has 0 aliphatic heterocycles. The zero-order valence-corrected chi connectivity index (χ0v) is 11.0. The molecule has 1 aromatic carbocycles. The first-order valence-electron chi connectivity index (χ1n) is 5.69. The van der Waals surface area contributed by atoms with Crippen LogP contribution in [0, 0.1) is 6.92 Å². The number of rotatable bonds is 2. The monoisotopic (exact) mass is 273 g/mol. The molecule has 0 unspecified atom stereocenters. The molecule has 5 nitrogen and oxygen atoms in total. The van der Waals surface area contributed by atoms with Gasteiger partial charge < -0.3 is 4.98 Å². The highest BCUT2D eigenvalue weighted by Crippen LogP contribution is 2.20. The molecule has 1 N–H and O–H groups in total. The molecule has 0 radical (unpaired) electrons. The average Bonchev–Trinajstić information content (AvgIpc) is 2.85. The molecule has 6 heteroatoms. The van der Waals surface area contributed by atoms with Crippen LogP contribution in [0.5, 0.6) is 0 Å². The lowest BCUT2D eigenvalue weighted by atomic mass is 10.2. The third-order valence-corrected chi connectivity index (χ3v) is 4.44. The Morgan fingerprint density at radius 2 is 2.05 bits per heavy atom. The van der Waals surface area contributed by atoms with Gasteiger partial charge in [-0.3, -0.25) is 0 Å². The average molecular weight is 273 g/mol. The number of hydrogen-bond acceptors (Lipinski definition) is 4. The van der Waals surface area contributed by atoms with Gasteiger partial charge >= 0.3 is 0 Å². The summed E-state index contributed by atoms with van der Waals surface area (Å²) in [5, 5.41) is -0.0369. The summed E-state index contributed by atoms with van der Waals surface area (Å²) in [5.74, 6) is 0. The van der Waals surface area contributed by atoms with Crippen molar-refractivity contribution in [2.75, 3.05) is 0 Å². The van der Waals surface area contributed by atoms with E-state index in [1.165, 1.54) is 6.20 Å². The molecule has 0 aliphatic carbocycles. The van der Waals surface area contributed by atoms with Gasteiger partial charge in [-0.25, -0.2) is 18.4 Å². The Bertz CT molecular complexity index is 853. The van der Waals surface area contributed by atoms with Crippen LogP contribution in [0.25, 0.3) is 11.2 Å². The summed E-state index contributed by atoms with van der Waals surface area (Å²) in [4.78, 5) is 11.3. The molecular weight excluding hydrogens is 262 g/mol. The maximum absolute atomic E-state index is 12.4. The molecule has 3 rings (SSSR count). The van der Waals surface area contributed by atoms with Crippen LogP contribution in [0.3, 0.4) is 0 Å². The van der Waals surface area contributed by atoms with Crippen molar-refractivity contribution in [3.8, 4) is 0 Å². The number of fused-ring (bicyclic) bond motifs is 1. The largest absolute Gasteiger partial charge is 0.345 e. The third kappa shape index (κ3) is 2.00. The van der Waals surface area contributed by atoms with Gasteiger partial charge in [0.2, 0.25) is 9.84 Å². The lowest BCUT2D eigenvalue weighted by Gasteiger charge is -2.04. The molecule has 19 heavy (non-hydrogen) atoms. The number of nitrogens with one attached hydrogen (secondary N) is 1. The van der Waals surface area contributed by atoms with Crippen molar-refractivity contribution in [1.82, 2.24) is 15.0 Å². The summed E-state index contributed by atoms with van der Waals surface area (Å²) in [5.41, 5.74) is 1.99. The van der Waals surface area contributed by atoms with E-state index in [4.69, 9.17) is 0 Å². The lowest BCUT2D eigenvalue weighted by Crippen LogP contribution is -2.05. The summed E-state index contributed by atoms with van der Waals surface area (Å²) < 4.78 is 24.9. The Morgan fingerprint density at radius 1 is 1.21 bits per heavy atom. The molecule has 0 fully saturated rings. The highest BCUT2D eigenvalue weighted by atomic mass is 32.2. The van der Waals surface area contributed by atoms with Crippen LogP contribution >= 0.6 is 0 Å². The number of sulfone groups is 1. The van der Waals surface area contributed by atoms with Crippen molar-refractivity contribution in [2.24, 2.45) is 0 Å². The van der Waals surface area contributed by atoms with E-state index in [1.54, 1.807) is 30.5 Å². The van der Waals surface area contributed by atoms with Gasteiger partial charge in [-0.05, 0) is 30.7 Å². The molecule has 96 valence electrons. The summed E-state index contributed by atoms with van der Waals surface area (Å²) in [7, 11) is -3.62. The zero-order chi connectivity index (χ0) is 13.5. The topological polar surface area (TPSA) is 75.7 Å². The van der Waals surface area contributed by atoms with Gasteiger partial charge in [0.1, 0.15) is 5.52 Å². The van der Waals surface area contributed by atoms with E-state index in [1.807, 2.05) is 13.0 Å². The highest BCUT2D eigenvalue weighted by Gasteiger charge is 2.20. The SMILES string of the molecule is Cc1cccc(S(=O)(=O)c2cnc3[nH]ccc3n2)c1. The van der Waals surface area contributed by atoms with Crippen LogP contribution in [0.15, 0.2) is 52.6 Å². The van der Waals surface area contributed by atoms with Gasteiger partial charge in [-0.15, -0.1) is 0 Å². The van der Waals surface area contributed by atoms with Crippen LogP contribution in [-0.2, 0) is 9.84 Å². The maximum atomic E-state index is 12.4. The second kappa shape index (κ2) is 4.17. The molecule has 0 amide bonds. The zero-order valence-electron chi connectivity index (χ0n) is 10.2. The van der Waals surface area contributed by atoms with Crippen LogP contribution in [-0.4, -0.2) is 23.4 Å². The summed E-state index contributed by atoms with van der Waals surface area (Å²) in [6.45, 7) is 1.85. The quantitative estimate of drug-likeness (QED) is 0.775. The minimum Gasteiger partial charge on any atom is -0.345 e. The molecule has 0 saturated heterocycles. The lowest BCUT2D eigenvalue weighted by molar-refractivity contribution is 0.592. The Balaban J connectivity index is 2.18. The minimum atomic E-state index is -3.62. The predicted molar refractivity (Wildman–Crippen MR) is 70.5 cm³/mol. The number of H-pyrrole nitrogens is 1. The number of aryl methyl sites for hydroxylation is 1. The Kier molecular flexibility index (Phi) is 2.60. The van der Waals surface area contributed by atoms with Crippen molar-refractivity contribution in [1.29, 1.82) is 0 Å². The van der Waals surface area contributed by atoms with Crippen molar-refractivity contribution in [3.63, 3.8) is 0 Å². The first-order chi connectivity index (χ1) is 9.07. The molecule has 2 aromatic heterocycles. The molecule has 0 saturated carbocycles. The summed E-state index contributed by atoms with van der Waals surface area (Å²) in [6.07, 6.45) is 2.95. The number of aromatic amines is 1. The van der Waals surface area contributed by atoms with E-state index < -0.39 is 9.84 Å². The first kappa shape index (κ1) is 11.9. The second-order valence-electron chi connectivity index (χ2n) is 4.24. The highest BCUT2D eigenvalue weighted by molar-refractivity contribution is 7.91. The minimum absolute atomic E-state index is 0.0369. The van der Waals surface area contributed by atoms with Crippen molar-refractivity contribution < 1.29 is 8.42 Å². The van der Waals surface area contributed by atoms with Crippen LogP contribution < -0.4 is 0 Å². The van der Waals surface area contributed by atoms with E-state index in [0.29, 0.717) is 11.2 Å². The number of benzene rings is 1. The van der Waals surface area contributed by atoms with Crippen molar-refractivity contribution in [2.45, 2.75) is 16.8 Å². The Morgan fingerprint density at radius 3 is 2.84 bits per heavy atom. The number of aromatic nitrogens is 3. The van der Waals surface area contributed by atoms with E-state index in [0.717, 1.165) is 5.56 Å². The maximum Gasteiger partial charge on any atom is 0.225 e. The van der Waals surface area contributed by atoms with Crippen molar-refractivity contribution >= 4 is 21.0 Å². The first-order valence-corrected chi connectivity index (χ1v) is 7.17. The molecule has 0 bridgehead atoms. The fourth-order valence-electron chi connectivity index (χ4n) is 1.85. The van der Waals surface area contributed by atoms with Gasteiger partial charge in [0, 0.05) is 6.20 Å². The molecular formula is C13H11N3O2S. The van der Waals surface area contributed by atoms with E-state index in [2.05, 4.69) is 15.0 Å². The summed E-state index contributed by atoms with van der Waals surface area (Å²) >= 11 is 0. The van der Waals surface area contributed by atoms with Gasteiger partial charge in [0.15, 0.2) is 10.7 Å². The normalized spacial score (nSPS) is 11.8. The molecule has 0 atom stereocenters. The molecule has 0 aliphatic rings. The van der Waals surface area contributed by atoms with Crippen LogP contribution in [0.2, 0.25) is 0 Å². The van der Waals surface area contributed by atoms with Gasteiger partial charge in [0.05, 0.1) is 11.1 Å². The molecule has 3 aromatic rings. The fourth-order valence-corrected chi connectivity index (χ4v) is 3.10. The van der Waals surface area contributed by atoms with E-state index in [-0.39, 0.29) is 9.92 Å². The second-order valence-corrected chi connectivity index (χ2v) is 6.14. The van der Waals surface area contributed by atoms with Gasteiger partial charge in [0.25, 0.3) is 0 Å². The Labute approximate surface area is 110 Å². The summed E-state index contributed by atoms with van der Waals surface area (Å²) in [6, 6.07) is 8.44. The molecule has 2 heterocycles. The van der Waals surface area contributed by atoms with E-state index in [9.17, 15) is 8.42 Å². The van der Waals surface area contributed by atoms with Gasteiger partial charge in [-0.1, -0.05) is 12.1 Å². The smallest absolute Gasteiger partial charge is 0.225 e. The van der Waals surface area contributed by atoms with Crippen LogP contribution in [0.4, 0.5) is 0 Å². The number of hydrogen-bond donors (Lipinski definition) is 1. The predicted octanol–water partition coefficient (Wildman–Crippen LogP) is 2.10. The third-order valence-electron chi connectivity index (χ3n) is 2.81. The standard InChI is InChI=1S/C13H11N3O2S/c1-9-3-2-4-10(7-9)19(17,18)12-8-15-13-11(16-12)5-6-14-13/h2-8H,1H3,(H,14,15). The Hall–Kier alpha value is -2.21.